The lowest BCUT2D eigenvalue weighted by molar-refractivity contribution is -0.121. The number of nitrogens with zero attached hydrogens (tertiary/aromatic N) is 2. The van der Waals surface area contributed by atoms with Crippen LogP contribution in [0.1, 0.15) is 34.5 Å². The Morgan fingerprint density at radius 2 is 1.87 bits per heavy atom. The highest BCUT2D eigenvalue weighted by Crippen LogP contribution is 2.22. The maximum atomic E-state index is 12.2. The minimum atomic E-state index is -0.951. The SMILES string of the molecule is CCOC(=O)c1ccc(-c2ccc(/C=N\NC(=O)[C@H](C#N)c3ccccc3)o2)cc1. The highest BCUT2D eigenvalue weighted by Gasteiger charge is 2.19. The van der Waals surface area contributed by atoms with E-state index in [1.165, 1.54) is 6.21 Å². The Hall–Kier alpha value is -4.18. The molecular formula is C23H19N3O4. The first-order chi connectivity index (χ1) is 14.6. The van der Waals surface area contributed by atoms with E-state index in [4.69, 9.17) is 9.15 Å². The second-order valence-corrected chi connectivity index (χ2v) is 6.21. The van der Waals surface area contributed by atoms with Crippen molar-refractivity contribution in [3.8, 4) is 17.4 Å². The summed E-state index contributed by atoms with van der Waals surface area (Å²) < 4.78 is 10.6. The second kappa shape index (κ2) is 9.85. The predicted molar refractivity (Wildman–Crippen MR) is 111 cm³/mol. The molecule has 1 heterocycles. The van der Waals surface area contributed by atoms with Gasteiger partial charge in [0.15, 0.2) is 5.92 Å². The number of nitriles is 1. The summed E-state index contributed by atoms with van der Waals surface area (Å²) in [7, 11) is 0. The van der Waals surface area contributed by atoms with Crippen molar-refractivity contribution in [2.45, 2.75) is 12.8 Å². The van der Waals surface area contributed by atoms with E-state index >= 15 is 0 Å². The summed E-state index contributed by atoms with van der Waals surface area (Å²) in [5, 5.41) is 13.1. The molecule has 7 heteroatoms. The fourth-order valence-electron chi connectivity index (χ4n) is 2.72. The molecule has 0 radical (unpaired) electrons. The molecule has 0 saturated heterocycles. The zero-order valence-corrected chi connectivity index (χ0v) is 16.2. The first-order valence-electron chi connectivity index (χ1n) is 9.27. The lowest BCUT2D eigenvalue weighted by Gasteiger charge is -2.06. The van der Waals surface area contributed by atoms with Crippen LogP contribution in [-0.2, 0) is 9.53 Å². The number of nitrogens with one attached hydrogen (secondary N) is 1. The standard InChI is InChI=1S/C23H19N3O4/c1-2-29-23(28)18-10-8-17(9-11-18)21-13-12-19(30-21)15-25-26-22(27)20(14-24)16-6-4-3-5-7-16/h3-13,15,20H,2H2,1H3,(H,26,27)/b25-15-/t20-/m1/s1. The molecule has 0 aliphatic carbocycles. The van der Waals surface area contributed by atoms with Crippen LogP contribution in [0.2, 0.25) is 0 Å². The number of carbonyl (C=O) groups excluding carboxylic acids is 2. The van der Waals surface area contributed by atoms with Crippen molar-refractivity contribution in [1.82, 2.24) is 5.43 Å². The molecule has 0 unspecified atom stereocenters. The zero-order chi connectivity index (χ0) is 21.3. The molecule has 1 aromatic heterocycles. The van der Waals surface area contributed by atoms with E-state index in [-0.39, 0.29) is 5.97 Å². The van der Waals surface area contributed by atoms with Crippen molar-refractivity contribution in [3.63, 3.8) is 0 Å². The smallest absolute Gasteiger partial charge is 0.338 e. The second-order valence-electron chi connectivity index (χ2n) is 6.21. The Kier molecular flexibility index (Phi) is 6.74. The molecule has 0 aliphatic rings. The molecule has 2 aromatic carbocycles. The summed E-state index contributed by atoms with van der Waals surface area (Å²) in [6.45, 7) is 2.07. The minimum absolute atomic E-state index is 0.318. The Morgan fingerprint density at radius 1 is 1.13 bits per heavy atom. The molecule has 30 heavy (non-hydrogen) atoms. The molecule has 0 bridgehead atoms. The van der Waals surface area contributed by atoms with Crippen molar-refractivity contribution in [2.24, 2.45) is 5.10 Å². The Morgan fingerprint density at radius 3 is 2.53 bits per heavy atom. The summed E-state index contributed by atoms with van der Waals surface area (Å²) >= 11 is 0. The van der Waals surface area contributed by atoms with Gasteiger partial charge in [0.25, 0.3) is 5.91 Å². The van der Waals surface area contributed by atoms with Gasteiger partial charge < -0.3 is 9.15 Å². The number of benzene rings is 2. The van der Waals surface area contributed by atoms with E-state index < -0.39 is 11.8 Å². The van der Waals surface area contributed by atoms with Crippen LogP contribution >= 0.6 is 0 Å². The first kappa shape index (κ1) is 20.6. The van der Waals surface area contributed by atoms with Crippen molar-refractivity contribution in [2.75, 3.05) is 6.61 Å². The highest BCUT2D eigenvalue weighted by atomic mass is 16.5. The first-order valence-corrected chi connectivity index (χ1v) is 9.27. The fourth-order valence-corrected chi connectivity index (χ4v) is 2.72. The summed E-state index contributed by atoms with van der Waals surface area (Å²) in [4.78, 5) is 23.9. The molecule has 0 fully saturated rings. The van der Waals surface area contributed by atoms with E-state index in [2.05, 4.69) is 10.5 Å². The van der Waals surface area contributed by atoms with Gasteiger partial charge in [-0.2, -0.15) is 10.4 Å². The lowest BCUT2D eigenvalue weighted by Crippen LogP contribution is -2.24. The van der Waals surface area contributed by atoms with Crippen LogP contribution < -0.4 is 5.43 Å². The van der Waals surface area contributed by atoms with E-state index in [9.17, 15) is 14.9 Å². The number of esters is 1. The van der Waals surface area contributed by atoms with Gasteiger partial charge in [0.05, 0.1) is 24.5 Å². The van der Waals surface area contributed by atoms with Gasteiger partial charge in [0.2, 0.25) is 0 Å². The average molecular weight is 401 g/mol. The van der Waals surface area contributed by atoms with E-state index in [0.29, 0.717) is 29.3 Å². The van der Waals surface area contributed by atoms with Gasteiger partial charge in [-0.05, 0) is 36.8 Å². The van der Waals surface area contributed by atoms with Gasteiger partial charge in [-0.25, -0.2) is 10.2 Å². The molecule has 0 spiro atoms. The molecule has 1 amide bonds. The Bertz CT molecular complexity index is 1080. The topological polar surface area (TPSA) is 105 Å². The monoisotopic (exact) mass is 401 g/mol. The third kappa shape index (κ3) is 5.00. The number of rotatable bonds is 7. The number of hydrogen-bond acceptors (Lipinski definition) is 6. The number of hydrazone groups is 1. The molecule has 3 aromatic rings. The van der Waals surface area contributed by atoms with Crippen molar-refractivity contribution in [3.05, 3.63) is 83.6 Å². The van der Waals surface area contributed by atoms with Crippen molar-refractivity contribution in [1.29, 1.82) is 5.26 Å². The van der Waals surface area contributed by atoms with Crippen LogP contribution in [0.25, 0.3) is 11.3 Å². The normalized spacial score (nSPS) is 11.6. The Labute approximate surface area is 173 Å². The fraction of sp³-hybridized carbons (Fsp3) is 0.130. The quantitative estimate of drug-likeness (QED) is 0.367. The Balaban J connectivity index is 1.62. The summed E-state index contributed by atoms with van der Waals surface area (Å²) in [6, 6.07) is 21.0. The third-order valence-corrected chi connectivity index (χ3v) is 4.20. The maximum absolute atomic E-state index is 12.2. The molecule has 3 rings (SSSR count). The number of ether oxygens (including phenoxy) is 1. The zero-order valence-electron chi connectivity index (χ0n) is 16.2. The molecular weight excluding hydrogens is 382 g/mol. The highest BCUT2D eigenvalue weighted by molar-refractivity contribution is 5.90. The number of carbonyl (C=O) groups is 2. The van der Waals surface area contributed by atoms with Gasteiger partial charge in [0, 0.05) is 5.56 Å². The lowest BCUT2D eigenvalue weighted by atomic mass is 10.0. The number of hydrogen-bond donors (Lipinski definition) is 1. The van der Waals surface area contributed by atoms with Crippen LogP contribution in [0.15, 0.2) is 76.2 Å². The summed E-state index contributed by atoms with van der Waals surface area (Å²) in [6.07, 6.45) is 1.35. The molecule has 0 saturated carbocycles. The van der Waals surface area contributed by atoms with Crippen LogP contribution in [0.3, 0.4) is 0 Å². The molecule has 150 valence electrons. The van der Waals surface area contributed by atoms with Gasteiger partial charge >= 0.3 is 5.97 Å². The van der Waals surface area contributed by atoms with Crippen molar-refractivity contribution >= 4 is 18.1 Å². The predicted octanol–water partition coefficient (Wildman–Crippen LogP) is 3.88. The van der Waals surface area contributed by atoms with Crippen LogP contribution in [0, 0.1) is 11.3 Å². The van der Waals surface area contributed by atoms with Gasteiger partial charge in [-0.1, -0.05) is 42.5 Å². The van der Waals surface area contributed by atoms with Crippen molar-refractivity contribution < 1.29 is 18.7 Å². The van der Waals surface area contributed by atoms with Gasteiger partial charge in [-0.3, -0.25) is 4.79 Å². The average Bonchev–Trinajstić information content (AvgIpc) is 3.24. The number of furan rings is 1. The van der Waals surface area contributed by atoms with E-state index in [1.807, 2.05) is 12.1 Å². The van der Waals surface area contributed by atoms with E-state index in [1.54, 1.807) is 67.6 Å². The summed E-state index contributed by atoms with van der Waals surface area (Å²) in [5.74, 6) is -0.849. The van der Waals surface area contributed by atoms with E-state index in [0.717, 1.165) is 5.56 Å². The minimum Gasteiger partial charge on any atom is -0.462 e. The largest absolute Gasteiger partial charge is 0.462 e. The molecule has 7 nitrogen and oxygen atoms in total. The molecule has 1 atom stereocenters. The number of amides is 1. The van der Waals surface area contributed by atoms with Crippen LogP contribution in [-0.4, -0.2) is 24.7 Å². The van der Waals surface area contributed by atoms with Gasteiger partial charge in [-0.15, -0.1) is 0 Å². The maximum Gasteiger partial charge on any atom is 0.338 e. The van der Waals surface area contributed by atoms with Crippen LogP contribution in [0.5, 0.6) is 0 Å². The molecule has 1 N–H and O–H groups in total. The summed E-state index contributed by atoms with van der Waals surface area (Å²) in [5.41, 5.74) is 4.19. The van der Waals surface area contributed by atoms with Crippen LogP contribution in [0.4, 0.5) is 0 Å². The third-order valence-electron chi connectivity index (χ3n) is 4.20. The molecule has 0 aliphatic heterocycles. The van der Waals surface area contributed by atoms with Gasteiger partial charge in [0.1, 0.15) is 11.5 Å².